The van der Waals surface area contributed by atoms with Gasteiger partial charge in [0.15, 0.2) is 0 Å². The van der Waals surface area contributed by atoms with Crippen molar-refractivity contribution in [2.75, 3.05) is 21.3 Å². The van der Waals surface area contributed by atoms with E-state index in [9.17, 15) is 0 Å². The van der Waals surface area contributed by atoms with Crippen LogP contribution in [-0.4, -0.2) is 44.7 Å². The van der Waals surface area contributed by atoms with Crippen molar-refractivity contribution in [2.45, 2.75) is 14.8 Å². The van der Waals surface area contributed by atoms with Gasteiger partial charge in [0.05, 0.1) is 0 Å². The third kappa shape index (κ3) is 2.66. The van der Waals surface area contributed by atoms with E-state index in [0.29, 0.717) is 11.5 Å². The molecule has 4 nitrogen and oxygen atoms in total. The van der Waals surface area contributed by atoms with Crippen LogP contribution < -0.4 is 17.9 Å². The van der Waals surface area contributed by atoms with Crippen LogP contribution in [0, 0.1) is 0 Å². The van der Waals surface area contributed by atoms with Gasteiger partial charge in [0.1, 0.15) is 0 Å². The summed E-state index contributed by atoms with van der Waals surface area (Å²) in [6.07, 6.45) is 0. The van der Waals surface area contributed by atoms with E-state index in [1.807, 2.05) is 6.07 Å². The molecule has 0 fully saturated rings. The standard InChI is InChI=1S/C12H12NO3.3CH3.Sn/c1-14-9-7-10(15-2)12(16-3)8-5-4-6-13-11(8)9;;;;/h4-5,7H,1-3H3;3*1H3;. The Morgan fingerprint density at radius 2 is 1.55 bits per heavy atom. The first kappa shape index (κ1) is 15.2. The fraction of sp³-hybridized carbons (Fsp3) is 0.400. The summed E-state index contributed by atoms with van der Waals surface area (Å²) in [5, 5.41) is 0.919. The van der Waals surface area contributed by atoms with Gasteiger partial charge >= 0.3 is 124 Å². The van der Waals surface area contributed by atoms with Gasteiger partial charge in [-0.15, -0.1) is 0 Å². The summed E-state index contributed by atoms with van der Waals surface area (Å²) in [4.78, 5) is 11.9. The van der Waals surface area contributed by atoms with Gasteiger partial charge in [0, 0.05) is 0 Å². The average molecular weight is 382 g/mol. The molecule has 0 aliphatic heterocycles. The minimum absolute atomic E-state index is 0.658. The van der Waals surface area contributed by atoms with E-state index in [0.717, 1.165) is 16.7 Å². The molecule has 0 radical (unpaired) electrons. The van der Waals surface area contributed by atoms with Crippen LogP contribution in [0.15, 0.2) is 18.2 Å². The predicted molar refractivity (Wildman–Crippen MR) is 84.4 cm³/mol. The van der Waals surface area contributed by atoms with Crippen LogP contribution >= 0.6 is 0 Å². The van der Waals surface area contributed by atoms with Crippen LogP contribution in [0.25, 0.3) is 10.9 Å². The molecule has 0 aliphatic carbocycles. The van der Waals surface area contributed by atoms with Gasteiger partial charge in [-0.25, -0.2) is 0 Å². The molecule has 1 heterocycles. The van der Waals surface area contributed by atoms with E-state index < -0.39 is 18.4 Å². The Morgan fingerprint density at radius 3 is 2.05 bits per heavy atom. The fourth-order valence-electron chi connectivity index (χ4n) is 2.15. The second-order valence-electron chi connectivity index (χ2n) is 5.66. The number of hydrogen-bond acceptors (Lipinski definition) is 4. The van der Waals surface area contributed by atoms with Crippen LogP contribution in [-0.2, 0) is 0 Å². The van der Waals surface area contributed by atoms with Crippen molar-refractivity contribution in [3.63, 3.8) is 0 Å². The van der Waals surface area contributed by atoms with Gasteiger partial charge in [0.2, 0.25) is 0 Å². The summed E-state index contributed by atoms with van der Waals surface area (Å²) >= 11 is -2.22. The number of aromatic nitrogens is 1. The predicted octanol–water partition coefficient (Wildman–Crippen LogP) is 2.81. The van der Waals surface area contributed by atoms with Gasteiger partial charge in [-0.1, -0.05) is 0 Å². The molecule has 5 heteroatoms. The number of methoxy groups -OCH3 is 3. The Morgan fingerprint density at radius 1 is 0.900 bits per heavy atom. The first-order valence-electron chi connectivity index (χ1n) is 6.52. The molecule has 0 amide bonds. The Hall–Kier alpha value is -1.17. The van der Waals surface area contributed by atoms with E-state index >= 15 is 0 Å². The molecule has 0 bridgehead atoms. The van der Waals surface area contributed by atoms with Crippen LogP contribution in [0.4, 0.5) is 0 Å². The molecule has 1 aromatic heterocycles. The normalized spacial score (nSPS) is 11.5. The number of fused-ring (bicyclic) bond motifs is 1. The molecule has 0 saturated carbocycles. The second kappa shape index (κ2) is 5.67. The van der Waals surface area contributed by atoms with Crippen molar-refractivity contribution in [3.8, 4) is 17.2 Å². The van der Waals surface area contributed by atoms with Gasteiger partial charge < -0.3 is 0 Å². The van der Waals surface area contributed by atoms with E-state index in [1.54, 1.807) is 21.3 Å². The third-order valence-electron chi connectivity index (χ3n) is 3.27. The summed E-state index contributed by atoms with van der Waals surface area (Å²) in [5.74, 6) is 2.08. The molecule has 0 saturated heterocycles. The molecule has 0 unspecified atom stereocenters. The van der Waals surface area contributed by atoms with Crippen molar-refractivity contribution in [2.24, 2.45) is 0 Å². The summed E-state index contributed by atoms with van der Waals surface area (Å²) in [5.41, 5.74) is 0.842. The molecule has 0 aliphatic rings. The van der Waals surface area contributed by atoms with Crippen molar-refractivity contribution in [1.82, 2.24) is 4.98 Å². The Bertz CT molecular complexity index is 635. The monoisotopic (exact) mass is 383 g/mol. The minimum atomic E-state index is -2.22. The first-order chi connectivity index (χ1) is 9.42. The fourth-order valence-corrected chi connectivity index (χ4v) is 5.09. The summed E-state index contributed by atoms with van der Waals surface area (Å²) in [7, 11) is 4.91. The van der Waals surface area contributed by atoms with Gasteiger partial charge in [-0.3, -0.25) is 0 Å². The van der Waals surface area contributed by atoms with Gasteiger partial charge in [-0.2, -0.15) is 0 Å². The van der Waals surface area contributed by atoms with E-state index in [1.165, 1.54) is 3.71 Å². The van der Waals surface area contributed by atoms with E-state index in [4.69, 9.17) is 19.2 Å². The molecule has 0 N–H and O–H groups in total. The summed E-state index contributed by atoms with van der Waals surface area (Å²) < 4.78 is 17.5. The molecule has 2 rings (SSSR count). The third-order valence-corrected chi connectivity index (χ3v) is 8.45. The summed E-state index contributed by atoms with van der Waals surface area (Å²) in [6.45, 7) is 0. The van der Waals surface area contributed by atoms with Crippen molar-refractivity contribution >= 4 is 33.0 Å². The maximum absolute atomic E-state index is 5.47. The van der Waals surface area contributed by atoms with Gasteiger partial charge in [0.25, 0.3) is 0 Å². The van der Waals surface area contributed by atoms with Gasteiger partial charge in [-0.05, 0) is 0 Å². The van der Waals surface area contributed by atoms with Crippen LogP contribution in [0.3, 0.4) is 0 Å². The number of nitrogens with zero attached hydrogens (tertiary/aromatic N) is 1. The number of benzene rings is 1. The molecule has 108 valence electrons. The van der Waals surface area contributed by atoms with E-state index in [-0.39, 0.29) is 0 Å². The Labute approximate surface area is 123 Å². The zero-order chi connectivity index (χ0) is 14.9. The molecule has 0 atom stereocenters. The Kier molecular flexibility index (Phi) is 4.32. The maximum atomic E-state index is 5.47. The molecular formula is C15H21NO3Sn. The van der Waals surface area contributed by atoms with Crippen molar-refractivity contribution < 1.29 is 14.2 Å². The average Bonchev–Trinajstić information content (AvgIpc) is 2.43. The summed E-state index contributed by atoms with van der Waals surface area (Å²) in [6, 6.07) is 6.00. The second-order valence-corrected chi connectivity index (χ2v) is 20.0. The first-order valence-corrected chi connectivity index (χ1v) is 16.5. The van der Waals surface area contributed by atoms with Crippen molar-refractivity contribution in [3.05, 3.63) is 18.2 Å². The Balaban J connectivity index is 2.81. The number of ether oxygens (including phenoxy) is 3. The SMILES string of the molecule is COc1cc(OC)c2n[c]([Sn]([CH3])([CH3])[CH3])ccc2c1OC. The number of hydrogen-bond donors (Lipinski definition) is 0. The number of rotatable bonds is 4. The molecule has 2 aromatic rings. The quantitative estimate of drug-likeness (QED) is 0.763. The zero-order valence-electron chi connectivity index (χ0n) is 12.9. The molecule has 0 spiro atoms. The zero-order valence-corrected chi connectivity index (χ0v) is 15.8. The number of pyridine rings is 1. The molecule has 1 aromatic carbocycles. The van der Waals surface area contributed by atoms with Crippen LogP contribution in [0.5, 0.6) is 17.2 Å². The molecule has 20 heavy (non-hydrogen) atoms. The van der Waals surface area contributed by atoms with Crippen LogP contribution in [0.2, 0.25) is 14.8 Å². The van der Waals surface area contributed by atoms with E-state index in [2.05, 4.69) is 27.0 Å². The molecular weight excluding hydrogens is 361 g/mol. The topological polar surface area (TPSA) is 40.6 Å². The van der Waals surface area contributed by atoms with Crippen molar-refractivity contribution in [1.29, 1.82) is 0 Å². The van der Waals surface area contributed by atoms with Crippen LogP contribution in [0.1, 0.15) is 0 Å².